The third kappa shape index (κ3) is 2.20. The molecule has 2 aromatic rings. The van der Waals surface area contributed by atoms with Gasteiger partial charge >= 0.3 is 5.97 Å². The second-order valence-corrected chi connectivity index (χ2v) is 5.07. The van der Waals surface area contributed by atoms with Crippen LogP contribution in [0.2, 0.25) is 0 Å². The molecule has 0 N–H and O–H groups in total. The van der Waals surface area contributed by atoms with Crippen LogP contribution >= 0.6 is 0 Å². The molecule has 3 rings (SSSR count). The number of carbonyl (C=O) groups excluding carboxylic acids is 1. The predicted molar refractivity (Wildman–Crippen MR) is 74.4 cm³/mol. The maximum absolute atomic E-state index is 14.6. The second kappa shape index (κ2) is 5.08. The number of benzene rings is 2. The van der Waals surface area contributed by atoms with Crippen LogP contribution in [0.5, 0.6) is 0 Å². The van der Waals surface area contributed by atoms with E-state index in [1.807, 2.05) is 30.3 Å². The lowest BCUT2D eigenvalue weighted by atomic mass is 9.91. The summed E-state index contributed by atoms with van der Waals surface area (Å²) in [5, 5.41) is 0. The molecule has 2 atom stereocenters. The highest BCUT2D eigenvalue weighted by atomic mass is 19.1. The lowest BCUT2D eigenvalue weighted by molar-refractivity contribution is -0.00262. The SMILES string of the molecule is Cc1cccc2c1C(=O)O[C@@H](Cc1ccccc1)[C@H]2F. The van der Waals surface area contributed by atoms with Crippen LogP contribution < -0.4 is 0 Å². The number of fused-ring (bicyclic) bond motifs is 1. The van der Waals surface area contributed by atoms with Crippen LogP contribution in [-0.4, -0.2) is 12.1 Å². The lowest BCUT2D eigenvalue weighted by Gasteiger charge is -2.29. The number of alkyl halides is 1. The normalized spacial score (nSPS) is 21.2. The van der Waals surface area contributed by atoms with Crippen LogP contribution in [-0.2, 0) is 11.2 Å². The Hall–Kier alpha value is -2.16. The Morgan fingerprint density at radius 1 is 1.10 bits per heavy atom. The molecule has 1 aliphatic rings. The summed E-state index contributed by atoms with van der Waals surface area (Å²) >= 11 is 0. The van der Waals surface area contributed by atoms with Gasteiger partial charge in [-0.3, -0.25) is 0 Å². The number of rotatable bonds is 2. The van der Waals surface area contributed by atoms with Gasteiger partial charge < -0.3 is 4.74 Å². The molecule has 2 aromatic carbocycles. The Bertz CT molecular complexity index is 637. The van der Waals surface area contributed by atoms with Crippen molar-refractivity contribution in [2.24, 2.45) is 0 Å². The smallest absolute Gasteiger partial charge is 0.339 e. The van der Waals surface area contributed by atoms with Crippen LogP contribution in [0.3, 0.4) is 0 Å². The zero-order valence-electron chi connectivity index (χ0n) is 11.2. The zero-order chi connectivity index (χ0) is 14.1. The first-order valence-corrected chi connectivity index (χ1v) is 6.65. The summed E-state index contributed by atoms with van der Waals surface area (Å²) in [5.41, 5.74) is 2.55. The molecule has 0 saturated heterocycles. The van der Waals surface area contributed by atoms with E-state index in [9.17, 15) is 9.18 Å². The molecular weight excluding hydrogens is 255 g/mol. The van der Waals surface area contributed by atoms with E-state index in [1.54, 1.807) is 25.1 Å². The molecule has 0 unspecified atom stereocenters. The van der Waals surface area contributed by atoms with Crippen molar-refractivity contribution in [3.63, 3.8) is 0 Å². The molecule has 0 aliphatic carbocycles. The molecule has 0 amide bonds. The Kier molecular flexibility index (Phi) is 3.26. The average Bonchev–Trinajstić information content (AvgIpc) is 2.45. The van der Waals surface area contributed by atoms with Crippen LogP contribution in [0.25, 0.3) is 0 Å². The van der Waals surface area contributed by atoms with E-state index >= 15 is 0 Å². The maximum Gasteiger partial charge on any atom is 0.339 e. The fraction of sp³-hybridized carbons (Fsp3) is 0.235. The number of esters is 1. The molecule has 0 fully saturated rings. The van der Waals surface area contributed by atoms with Gasteiger partial charge in [0.2, 0.25) is 0 Å². The van der Waals surface area contributed by atoms with Gasteiger partial charge in [-0.1, -0.05) is 48.5 Å². The number of ether oxygens (including phenoxy) is 1. The first-order valence-electron chi connectivity index (χ1n) is 6.65. The Balaban J connectivity index is 1.92. The Morgan fingerprint density at radius 2 is 1.85 bits per heavy atom. The number of aryl methyl sites for hydroxylation is 1. The highest BCUT2D eigenvalue weighted by Crippen LogP contribution is 2.35. The Morgan fingerprint density at radius 3 is 2.60 bits per heavy atom. The van der Waals surface area contributed by atoms with Gasteiger partial charge in [0.1, 0.15) is 6.10 Å². The predicted octanol–water partition coefficient (Wildman–Crippen LogP) is 3.79. The van der Waals surface area contributed by atoms with Gasteiger partial charge in [-0.2, -0.15) is 0 Å². The van der Waals surface area contributed by atoms with E-state index in [0.717, 1.165) is 11.1 Å². The van der Waals surface area contributed by atoms with Crippen LogP contribution in [0.1, 0.15) is 33.2 Å². The van der Waals surface area contributed by atoms with E-state index < -0.39 is 18.2 Å². The van der Waals surface area contributed by atoms with Gasteiger partial charge in [-0.15, -0.1) is 0 Å². The lowest BCUT2D eigenvalue weighted by Crippen LogP contribution is -2.32. The van der Waals surface area contributed by atoms with E-state index in [-0.39, 0.29) is 0 Å². The molecule has 0 aromatic heterocycles. The number of hydrogen-bond donors (Lipinski definition) is 0. The van der Waals surface area contributed by atoms with Crippen molar-refractivity contribution in [3.8, 4) is 0 Å². The third-order valence-corrected chi connectivity index (χ3v) is 3.67. The van der Waals surface area contributed by atoms with Gasteiger partial charge in [0, 0.05) is 12.0 Å². The van der Waals surface area contributed by atoms with Crippen molar-refractivity contribution in [1.82, 2.24) is 0 Å². The molecular formula is C17H15FO2. The highest BCUT2D eigenvalue weighted by molar-refractivity contribution is 5.94. The topological polar surface area (TPSA) is 26.3 Å². The van der Waals surface area contributed by atoms with Crippen LogP contribution in [0.15, 0.2) is 48.5 Å². The van der Waals surface area contributed by atoms with E-state index in [1.165, 1.54) is 0 Å². The van der Waals surface area contributed by atoms with Crippen molar-refractivity contribution >= 4 is 5.97 Å². The van der Waals surface area contributed by atoms with E-state index in [2.05, 4.69) is 0 Å². The van der Waals surface area contributed by atoms with E-state index in [4.69, 9.17) is 4.74 Å². The molecule has 0 radical (unpaired) electrons. The van der Waals surface area contributed by atoms with Gasteiger partial charge in [0.25, 0.3) is 0 Å². The summed E-state index contributed by atoms with van der Waals surface area (Å²) in [6.07, 6.45) is -1.64. The van der Waals surface area contributed by atoms with Gasteiger partial charge in [0.05, 0.1) is 5.56 Å². The monoisotopic (exact) mass is 270 g/mol. The maximum atomic E-state index is 14.6. The fourth-order valence-corrected chi connectivity index (χ4v) is 2.65. The van der Waals surface area contributed by atoms with E-state index in [0.29, 0.717) is 17.5 Å². The van der Waals surface area contributed by atoms with Crippen molar-refractivity contribution < 1.29 is 13.9 Å². The molecule has 2 nitrogen and oxygen atoms in total. The Labute approximate surface area is 117 Å². The summed E-state index contributed by atoms with van der Waals surface area (Å²) in [7, 11) is 0. The number of halogens is 1. The third-order valence-electron chi connectivity index (χ3n) is 3.67. The zero-order valence-corrected chi connectivity index (χ0v) is 11.2. The van der Waals surface area contributed by atoms with Crippen molar-refractivity contribution in [2.45, 2.75) is 25.6 Å². The molecule has 3 heteroatoms. The molecule has 20 heavy (non-hydrogen) atoms. The molecule has 0 bridgehead atoms. The molecule has 0 saturated carbocycles. The number of cyclic esters (lactones) is 1. The minimum absolute atomic E-state index is 0.379. The molecule has 0 spiro atoms. The first kappa shape index (κ1) is 12.9. The van der Waals surface area contributed by atoms with Crippen molar-refractivity contribution in [3.05, 3.63) is 70.8 Å². The van der Waals surface area contributed by atoms with Crippen molar-refractivity contribution in [2.75, 3.05) is 0 Å². The minimum atomic E-state index is -1.28. The van der Waals surface area contributed by atoms with Crippen molar-refractivity contribution in [1.29, 1.82) is 0 Å². The molecule has 1 aliphatic heterocycles. The summed E-state index contributed by atoms with van der Waals surface area (Å²) in [6.45, 7) is 1.80. The average molecular weight is 270 g/mol. The summed E-state index contributed by atoms with van der Waals surface area (Å²) in [4.78, 5) is 12.1. The van der Waals surface area contributed by atoms with Crippen LogP contribution in [0.4, 0.5) is 4.39 Å². The quantitative estimate of drug-likeness (QED) is 0.776. The molecule has 1 heterocycles. The minimum Gasteiger partial charge on any atom is -0.455 e. The fourth-order valence-electron chi connectivity index (χ4n) is 2.65. The summed E-state index contributed by atoms with van der Waals surface area (Å²) in [5.74, 6) is -0.423. The van der Waals surface area contributed by atoms with Gasteiger partial charge in [0.15, 0.2) is 6.17 Å². The van der Waals surface area contributed by atoms with Gasteiger partial charge in [-0.05, 0) is 18.1 Å². The largest absolute Gasteiger partial charge is 0.455 e. The number of hydrogen-bond acceptors (Lipinski definition) is 2. The molecule has 102 valence electrons. The van der Waals surface area contributed by atoms with Crippen LogP contribution in [0, 0.1) is 6.92 Å². The standard InChI is InChI=1S/C17H15FO2/c1-11-6-5-9-13-15(11)17(19)20-14(16(13)18)10-12-7-3-2-4-8-12/h2-9,14,16H,10H2,1H3/t14-,16-/m0/s1. The highest BCUT2D eigenvalue weighted by Gasteiger charge is 2.36. The number of carbonyl (C=O) groups is 1. The second-order valence-electron chi connectivity index (χ2n) is 5.07. The first-order chi connectivity index (χ1) is 9.66. The van der Waals surface area contributed by atoms with Gasteiger partial charge in [-0.25, -0.2) is 9.18 Å². The summed E-state index contributed by atoms with van der Waals surface area (Å²) in [6, 6.07) is 14.8. The summed E-state index contributed by atoms with van der Waals surface area (Å²) < 4.78 is 19.9.